The first-order chi connectivity index (χ1) is 15.2. The van der Waals surface area contributed by atoms with Crippen molar-refractivity contribution < 1.29 is 14.3 Å². The number of carbonyl (C=O) groups excluding carboxylic acids is 1. The molecule has 0 atom stereocenters. The van der Waals surface area contributed by atoms with Gasteiger partial charge in [-0.3, -0.25) is 4.90 Å². The lowest BCUT2D eigenvalue weighted by molar-refractivity contribution is 0.0597. The molecular formula is C25H28N2O3S. The second-order valence-electron chi connectivity index (χ2n) is 7.60. The molecule has 0 spiro atoms. The van der Waals surface area contributed by atoms with Crippen LogP contribution in [0.5, 0.6) is 5.75 Å². The number of fused-ring (bicyclic) bond motifs is 1. The summed E-state index contributed by atoms with van der Waals surface area (Å²) in [6.45, 7) is 3.22. The van der Waals surface area contributed by atoms with Crippen molar-refractivity contribution in [2.75, 3.05) is 39.6 Å². The normalized spacial score (nSPS) is 14.5. The Labute approximate surface area is 187 Å². The number of methoxy groups -OCH3 is 2. The zero-order chi connectivity index (χ0) is 21.6. The lowest BCUT2D eigenvalue weighted by Crippen LogP contribution is -2.30. The molecule has 2 aromatic carbocycles. The highest BCUT2D eigenvalue weighted by Crippen LogP contribution is 2.30. The molecule has 1 N–H and O–H groups in total. The van der Waals surface area contributed by atoms with Crippen LogP contribution in [0.2, 0.25) is 0 Å². The molecule has 1 aliphatic rings. The number of nitrogens with zero attached hydrogens (tertiary/aromatic N) is 1. The topological polar surface area (TPSA) is 54.6 Å². The predicted octanol–water partition coefficient (Wildman–Crippen LogP) is 4.99. The Morgan fingerprint density at radius 3 is 2.74 bits per heavy atom. The minimum atomic E-state index is -0.393. The fourth-order valence-corrected chi connectivity index (χ4v) is 4.96. The summed E-state index contributed by atoms with van der Waals surface area (Å²) in [5, 5.41) is 1.09. The molecule has 31 heavy (non-hydrogen) atoms. The highest BCUT2D eigenvalue weighted by atomic mass is 32.2. The fourth-order valence-electron chi connectivity index (χ4n) is 3.97. The van der Waals surface area contributed by atoms with Crippen LogP contribution in [-0.2, 0) is 10.5 Å². The van der Waals surface area contributed by atoms with Crippen molar-refractivity contribution in [3.8, 4) is 5.75 Å². The van der Waals surface area contributed by atoms with Gasteiger partial charge in [-0.05, 0) is 35.3 Å². The van der Waals surface area contributed by atoms with Crippen LogP contribution in [-0.4, -0.2) is 55.5 Å². The van der Waals surface area contributed by atoms with E-state index in [-0.39, 0.29) is 0 Å². The molecule has 3 aromatic rings. The molecule has 2 heterocycles. The van der Waals surface area contributed by atoms with E-state index in [1.54, 1.807) is 13.2 Å². The lowest BCUT2D eigenvalue weighted by atomic mass is 10.00. The van der Waals surface area contributed by atoms with E-state index < -0.39 is 5.97 Å². The molecule has 1 aliphatic heterocycles. The van der Waals surface area contributed by atoms with Gasteiger partial charge < -0.3 is 14.5 Å². The summed E-state index contributed by atoms with van der Waals surface area (Å²) in [4.78, 5) is 17.8. The quantitative estimate of drug-likeness (QED) is 0.398. The van der Waals surface area contributed by atoms with E-state index in [9.17, 15) is 4.79 Å². The SMILES string of the molecule is COC(=O)c1cc2[nH]cc(CSCCN3CC=C(c4ccccc4)CC3)c2cc1OC. The Bertz CT molecular complexity index is 1080. The number of hydrogen-bond donors (Lipinski definition) is 1. The molecule has 1 aromatic heterocycles. The van der Waals surface area contributed by atoms with Crippen LogP contribution in [0.1, 0.15) is 27.9 Å². The van der Waals surface area contributed by atoms with Gasteiger partial charge in [0.2, 0.25) is 0 Å². The number of nitrogens with one attached hydrogen (secondary N) is 1. The van der Waals surface area contributed by atoms with Gasteiger partial charge >= 0.3 is 5.97 Å². The predicted molar refractivity (Wildman–Crippen MR) is 128 cm³/mol. The molecule has 0 fully saturated rings. The maximum Gasteiger partial charge on any atom is 0.341 e. The monoisotopic (exact) mass is 436 g/mol. The van der Waals surface area contributed by atoms with E-state index >= 15 is 0 Å². The second-order valence-corrected chi connectivity index (χ2v) is 8.71. The third kappa shape index (κ3) is 4.97. The zero-order valence-corrected chi connectivity index (χ0v) is 18.8. The van der Waals surface area contributed by atoms with E-state index in [1.165, 1.54) is 23.8 Å². The molecule has 6 heteroatoms. The van der Waals surface area contributed by atoms with Crippen molar-refractivity contribution in [1.82, 2.24) is 9.88 Å². The highest BCUT2D eigenvalue weighted by molar-refractivity contribution is 7.98. The van der Waals surface area contributed by atoms with Crippen molar-refractivity contribution in [3.63, 3.8) is 0 Å². The summed E-state index contributed by atoms with van der Waals surface area (Å²) in [6, 6.07) is 14.4. The van der Waals surface area contributed by atoms with Gasteiger partial charge in [-0.25, -0.2) is 4.79 Å². The first-order valence-electron chi connectivity index (χ1n) is 10.5. The van der Waals surface area contributed by atoms with E-state index in [2.05, 4.69) is 46.3 Å². The second kappa shape index (κ2) is 10.1. The minimum absolute atomic E-state index is 0.393. The molecule has 5 nitrogen and oxygen atoms in total. The van der Waals surface area contributed by atoms with Crippen LogP contribution < -0.4 is 4.74 Å². The standard InChI is InChI=1S/C25H28N2O3S/c1-29-24-15-21-20(16-26-23(21)14-22(24)25(28)30-2)17-31-13-12-27-10-8-19(9-11-27)18-6-4-3-5-7-18/h3-8,14-16,26H,9-13,17H2,1-2H3. The van der Waals surface area contributed by atoms with Crippen LogP contribution in [0, 0.1) is 0 Å². The van der Waals surface area contributed by atoms with Crippen LogP contribution in [0.3, 0.4) is 0 Å². The Balaban J connectivity index is 1.31. The molecule has 0 saturated carbocycles. The number of hydrogen-bond acceptors (Lipinski definition) is 5. The van der Waals surface area contributed by atoms with E-state index in [1.807, 2.05) is 24.0 Å². The van der Waals surface area contributed by atoms with E-state index in [0.717, 1.165) is 48.5 Å². The molecule has 0 amide bonds. The molecule has 162 valence electrons. The van der Waals surface area contributed by atoms with Crippen molar-refractivity contribution in [2.45, 2.75) is 12.2 Å². The van der Waals surface area contributed by atoms with Crippen molar-refractivity contribution in [3.05, 3.63) is 71.4 Å². The van der Waals surface area contributed by atoms with Gasteiger partial charge in [0.1, 0.15) is 11.3 Å². The summed E-state index contributed by atoms with van der Waals surface area (Å²) in [7, 11) is 2.95. The zero-order valence-electron chi connectivity index (χ0n) is 18.0. The maximum absolute atomic E-state index is 12.0. The minimum Gasteiger partial charge on any atom is -0.496 e. The average molecular weight is 437 g/mol. The first-order valence-corrected chi connectivity index (χ1v) is 11.7. The Morgan fingerprint density at radius 2 is 2.03 bits per heavy atom. The molecule has 0 bridgehead atoms. The highest BCUT2D eigenvalue weighted by Gasteiger charge is 2.17. The third-order valence-corrected chi connectivity index (χ3v) is 6.73. The molecule has 0 aliphatic carbocycles. The van der Waals surface area contributed by atoms with E-state index in [4.69, 9.17) is 9.47 Å². The van der Waals surface area contributed by atoms with Crippen molar-refractivity contribution >= 4 is 34.2 Å². The van der Waals surface area contributed by atoms with Crippen LogP contribution in [0.4, 0.5) is 0 Å². The number of aromatic nitrogens is 1. The van der Waals surface area contributed by atoms with Crippen LogP contribution in [0.25, 0.3) is 16.5 Å². The number of aromatic amines is 1. The van der Waals surface area contributed by atoms with Gasteiger partial charge in [0.05, 0.1) is 14.2 Å². The number of esters is 1. The number of benzene rings is 2. The molecule has 0 saturated heterocycles. The van der Waals surface area contributed by atoms with Gasteiger partial charge in [0.15, 0.2) is 0 Å². The number of H-pyrrole nitrogens is 1. The van der Waals surface area contributed by atoms with Gasteiger partial charge in [-0.15, -0.1) is 0 Å². The summed E-state index contributed by atoms with van der Waals surface area (Å²) in [5.41, 5.74) is 5.39. The largest absolute Gasteiger partial charge is 0.496 e. The summed E-state index contributed by atoms with van der Waals surface area (Å²) < 4.78 is 10.3. The Morgan fingerprint density at radius 1 is 1.19 bits per heavy atom. The molecule has 0 radical (unpaired) electrons. The Kier molecular flexibility index (Phi) is 6.99. The number of rotatable bonds is 8. The van der Waals surface area contributed by atoms with Gasteiger partial charge in [0, 0.05) is 48.2 Å². The molecule has 0 unspecified atom stereocenters. The summed E-state index contributed by atoms with van der Waals surface area (Å²) >= 11 is 1.93. The average Bonchev–Trinajstić information content (AvgIpc) is 3.23. The fraction of sp³-hybridized carbons (Fsp3) is 0.320. The first kappa shape index (κ1) is 21.5. The van der Waals surface area contributed by atoms with Crippen LogP contribution >= 0.6 is 11.8 Å². The third-order valence-electron chi connectivity index (χ3n) is 5.74. The smallest absolute Gasteiger partial charge is 0.341 e. The molecular weight excluding hydrogens is 408 g/mol. The van der Waals surface area contributed by atoms with E-state index in [0.29, 0.717) is 11.3 Å². The molecule has 4 rings (SSSR count). The van der Waals surface area contributed by atoms with Crippen molar-refractivity contribution in [2.24, 2.45) is 0 Å². The van der Waals surface area contributed by atoms with Gasteiger partial charge in [0.25, 0.3) is 0 Å². The van der Waals surface area contributed by atoms with Gasteiger partial charge in [-0.1, -0.05) is 36.4 Å². The summed E-state index contributed by atoms with van der Waals surface area (Å²) in [6.07, 6.45) is 5.50. The van der Waals surface area contributed by atoms with Gasteiger partial charge in [-0.2, -0.15) is 11.8 Å². The van der Waals surface area contributed by atoms with Crippen molar-refractivity contribution in [1.29, 1.82) is 0 Å². The number of carbonyl (C=O) groups is 1. The maximum atomic E-state index is 12.0. The lowest BCUT2D eigenvalue weighted by Gasteiger charge is -2.26. The van der Waals surface area contributed by atoms with Crippen LogP contribution in [0.15, 0.2) is 54.7 Å². The number of ether oxygens (including phenoxy) is 2. The Hall–Kier alpha value is -2.70. The summed E-state index contributed by atoms with van der Waals surface area (Å²) in [5.74, 6) is 2.15. The number of thioether (sulfide) groups is 1.